The zero-order valence-corrected chi connectivity index (χ0v) is 7.56. The maximum atomic E-state index is 11.1. The summed E-state index contributed by atoms with van der Waals surface area (Å²) in [6.45, 7) is 3.04. The molecule has 4 heteroatoms. The third-order valence-corrected chi connectivity index (χ3v) is 3.81. The van der Waals surface area contributed by atoms with Gasteiger partial charge in [-0.25, -0.2) is 8.42 Å². The maximum absolute atomic E-state index is 11.1. The first-order valence-corrected chi connectivity index (χ1v) is 5.74. The highest BCUT2D eigenvalue weighted by Crippen LogP contribution is 2.14. The molecular weight excluding hydrogens is 164 g/mol. The van der Waals surface area contributed by atoms with Gasteiger partial charge in [0.05, 0.1) is 12.4 Å². The van der Waals surface area contributed by atoms with E-state index in [-0.39, 0.29) is 11.7 Å². The molecule has 66 valence electrons. The van der Waals surface area contributed by atoms with E-state index in [0.29, 0.717) is 12.4 Å². The summed E-state index contributed by atoms with van der Waals surface area (Å²) < 4.78 is 27.3. The van der Waals surface area contributed by atoms with E-state index in [1.54, 1.807) is 6.92 Å². The average Bonchev–Trinajstić information content (AvgIpc) is 2.39. The van der Waals surface area contributed by atoms with Crippen molar-refractivity contribution in [3.8, 4) is 0 Å². The van der Waals surface area contributed by atoms with E-state index >= 15 is 0 Å². The van der Waals surface area contributed by atoms with Crippen LogP contribution in [-0.2, 0) is 14.6 Å². The standard InChI is InChI=1S/C7H14O3S/c1-2-11(8,9)6-7-3-4-10-5-7/h7H,2-6H2,1H3. The van der Waals surface area contributed by atoms with Gasteiger partial charge in [0, 0.05) is 12.4 Å². The monoisotopic (exact) mass is 178 g/mol. The van der Waals surface area contributed by atoms with Crippen LogP contribution in [0.3, 0.4) is 0 Å². The predicted molar refractivity (Wildman–Crippen MR) is 43.3 cm³/mol. The number of rotatable bonds is 3. The van der Waals surface area contributed by atoms with Crippen molar-refractivity contribution >= 4 is 9.84 Å². The van der Waals surface area contributed by atoms with Crippen LogP contribution in [0.15, 0.2) is 0 Å². The molecule has 0 spiro atoms. The van der Waals surface area contributed by atoms with Gasteiger partial charge in [-0.1, -0.05) is 6.92 Å². The van der Waals surface area contributed by atoms with Gasteiger partial charge in [-0.15, -0.1) is 0 Å². The van der Waals surface area contributed by atoms with Crippen molar-refractivity contribution in [3.63, 3.8) is 0 Å². The van der Waals surface area contributed by atoms with Crippen molar-refractivity contribution < 1.29 is 13.2 Å². The van der Waals surface area contributed by atoms with E-state index in [2.05, 4.69) is 0 Å². The molecule has 1 heterocycles. The second kappa shape index (κ2) is 3.54. The minimum absolute atomic E-state index is 0.250. The molecule has 0 aromatic rings. The van der Waals surface area contributed by atoms with Crippen LogP contribution < -0.4 is 0 Å². The minimum Gasteiger partial charge on any atom is -0.381 e. The number of sulfone groups is 1. The van der Waals surface area contributed by atoms with E-state index in [0.717, 1.165) is 13.0 Å². The van der Waals surface area contributed by atoms with Gasteiger partial charge in [0.25, 0.3) is 0 Å². The Morgan fingerprint density at radius 1 is 1.55 bits per heavy atom. The topological polar surface area (TPSA) is 43.4 Å². The van der Waals surface area contributed by atoms with E-state index in [4.69, 9.17) is 4.74 Å². The first-order valence-electron chi connectivity index (χ1n) is 3.92. The van der Waals surface area contributed by atoms with Gasteiger partial charge < -0.3 is 4.74 Å². The van der Waals surface area contributed by atoms with Crippen LogP contribution in [0.1, 0.15) is 13.3 Å². The smallest absolute Gasteiger partial charge is 0.150 e. The van der Waals surface area contributed by atoms with Crippen molar-refractivity contribution in [1.29, 1.82) is 0 Å². The zero-order valence-electron chi connectivity index (χ0n) is 6.75. The lowest BCUT2D eigenvalue weighted by Gasteiger charge is -2.05. The highest BCUT2D eigenvalue weighted by atomic mass is 32.2. The highest BCUT2D eigenvalue weighted by Gasteiger charge is 2.21. The third-order valence-electron chi connectivity index (χ3n) is 1.95. The molecule has 3 nitrogen and oxygen atoms in total. The second-order valence-corrected chi connectivity index (χ2v) is 5.33. The summed E-state index contributed by atoms with van der Waals surface area (Å²) in [5.74, 6) is 0.812. The summed E-state index contributed by atoms with van der Waals surface area (Å²) in [6.07, 6.45) is 0.902. The molecule has 1 aliphatic rings. The summed E-state index contributed by atoms with van der Waals surface area (Å²) in [4.78, 5) is 0. The Morgan fingerprint density at radius 2 is 2.27 bits per heavy atom. The second-order valence-electron chi connectivity index (χ2n) is 2.93. The molecule has 1 unspecified atom stereocenters. The number of hydrogen-bond acceptors (Lipinski definition) is 3. The fraction of sp³-hybridized carbons (Fsp3) is 1.00. The Hall–Kier alpha value is -0.0900. The van der Waals surface area contributed by atoms with Crippen LogP contribution >= 0.6 is 0 Å². The molecule has 1 saturated heterocycles. The van der Waals surface area contributed by atoms with Crippen molar-refractivity contribution in [2.45, 2.75) is 13.3 Å². The molecule has 0 radical (unpaired) electrons. The van der Waals surface area contributed by atoms with Gasteiger partial charge in [-0.3, -0.25) is 0 Å². The summed E-state index contributed by atoms with van der Waals surface area (Å²) in [5, 5.41) is 0. The van der Waals surface area contributed by atoms with Crippen LogP contribution in [0, 0.1) is 5.92 Å². The van der Waals surface area contributed by atoms with Crippen LogP contribution in [-0.4, -0.2) is 33.1 Å². The van der Waals surface area contributed by atoms with Crippen LogP contribution in [0.2, 0.25) is 0 Å². The minimum atomic E-state index is -2.78. The predicted octanol–water partition coefficient (Wildman–Crippen LogP) is 0.458. The normalized spacial score (nSPS) is 25.7. The van der Waals surface area contributed by atoms with Crippen molar-refractivity contribution in [3.05, 3.63) is 0 Å². The van der Waals surface area contributed by atoms with Crippen LogP contribution in [0.25, 0.3) is 0 Å². The van der Waals surface area contributed by atoms with E-state index in [1.165, 1.54) is 0 Å². The zero-order chi connectivity index (χ0) is 8.32. The quantitative estimate of drug-likeness (QED) is 0.630. The van der Waals surface area contributed by atoms with Crippen molar-refractivity contribution in [1.82, 2.24) is 0 Å². The summed E-state index contributed by atoms with van der Waals surface area (Å²) >= 11 is 0. The Kier molecular flexibility index (Phi) is 2.90. The summed E-state index contributed by atoms with van der Waals surface area (Å²) in [7, 11) is -2.78. The molecule has 0 N–H and O–H groups in total. The molecule has 1 aliphatic heterocycles. The molecule has 1 rings (SSSR count). The van der Waals surface area contributed by atoms with E-state index < -0.39 is 9.84 Å². The fourth-order valence-corrected chi connectivity index (χ4v) is 2.41. The van der Waals surface area contributed by atoms with Gasteiger partial charge in [-0.2, -0.15) is 0 Å². The molecule has 11 heavy (non-hydrogen) atoms. The molecule has 0 aromatic carbocycles. The highest BCUT2D eigenvalue weighted by molar-refractivity contribution is 7.91. The Morgan fingerprint density at radius 3 is 2.73 bits per heavy atom. The number of hydrogen-bond donors (Lipinski definition) is 0. The first kappa shape index (κ1) is 9.00. The van der Waals surface area contributed by atoms with Crippen molar-refractivity contribution in [2.24, 2.45) is 5.92 Å². The fourth-order valence-electron chi connectivity index (χ4n) is 1.19. The third kappa shape index (κ3) is 2.79. The molecule has 0 aliphatic carbocycles. The number of ether oxygens (including phenoxy) is 1. The Bertz CT molecular complexity index is 202. The van der Waals surface area contributed by atoms with Gasteiger partial charge in [0.2, 0.25) is 0 Å². The molecular formula is C7H14O3S. The lowest BCUT2D eigenvalue weighted by molar-refractivity contribution is 0.188. The molecule has 0 amide bonds. The molecule has 0 saturated carbocycles. The van der Waals surface area contributed by atoms with Gasteiger partial charge in [0.1, 0.15) is 9.84 Å². The molecule has 1 atom stereocenters. The maximum Gasteiger partial charge on any atom is 0.150 e. The Balaban J connectivity index is 2.41. The van der Waals surface area contributed by atoms with Crippen LogP contribution in [0.5, 0.6) is 0 Å². The first-order chi connectivity index (χ1) is 5.14. The Labute approximate surface area is 67.7 Å². The van der Waals surface area contributed by atoms with E-state index in [9.17, 15) is 8.42 Å². The molecule has 1 fully saturated rings. The lowest BCUT2D eigenvalue weighted by Crippen LogP contribution is -2.17. The average molecular weight is 178 g/mol. The van der Waals surface area contributed by atoms with Gasteiger partial charge >= 0.3 is 0 Å². The molecule has 0 bridgehead atoms. The summed E-state index contributed by atoms with van der Waals surface area (Å²) in [6, 6.07) is 0. The largest absolute Gasteiger partial charge is 0.381 e. The lowest BCUT2D eigenvalue weighted by atomic mass is 10.2. The molecule has 0 aromatic heterocycles. The van der Waals surface area contributed by atoms with Gasteiger partial charge in [-0.05, 0) is 12.3 Å². The van der Waals surface area contributed by atoms with E-state index in [1.807, 2.05) is 0 Å². The summed E-state index contributed by atoms with van der Waals surface area (Å²) in [5.41, 5.74) is 0. The van der Waals surface area contributed by atoms with Crippen LogP contribution in [0.4, 0.5) is 0 Å². The van der Waals surface area contributed by atoms with Gasteiger partial charge in [0.15, 0.2) is 0 Å². The van der Waals surface area contributed by atoms with Crippen molar-refractivity contribution in [2.75, 3.05) is 24.7 Å². The SMILES string of the molecule is CCS(=O)(=O)CC1CCOC1.